The molecule has 1 aromatic heterocycles. The maximum absolute atomic E-state index is 12.8. The number of rotatable bonds is 9. The number of thiazole rings is 1. The first-order valence-electron chi connectivity index (χ1n) is 9.97. The first kappa shape index (κ1) is 22.1. The van der Waals surface area contributed by atoms with Crippen LogP contribution >= 0.6 is 23.1 Å². The van der Waals surface area contributed by atoms with Gasteiger partial charge >= 0.3 is 0 Å². The topological polar surface area (TPSA) is 71.1 Å². The number of anilines is 2. The van der Waals surface area contributed by atoms with Crippen LogP contribution in [0.3, 0.4) is 0 Å². The molecule has 30 heavy (non-hydrogen) atoms. The molecule has 0 aliphatic heterocycles. The largest absolute Gasteiger partial charge is 0.326 e. The minimum absolute atomic E-state index is 0.00225. The average Bonchev–Trinajstić information content (AvgIpc) is 3.21. The Labute approximate surface area is 185 Å². The molecule has 0 bridgehead atoms. The molecule has 3 rings (SSSR count). The molecule has 0 spiro atoms. The molecule has 0 saturated heterocycles. The van der Waals surface area contributed by atoms with Gasteiger partial charge in [0.2, 0.25) is 11.8 Å². The zero-order valence-electron chi connectivity index (χ0n) is 17.1. The van der Waals surface area contributed by atoms with Crippen LogP contribution in [-0.2, 0) is 9.59 Å². The van der Waals surface area contributed by atoms with Crippen molar-refractivity contribution < 1.29 is 9.59 Å². The minimum Gasteiger partial charge on any atom is -0.326 e. The van der Waals surface area contributed by atoms with Gasteiger partial charge in [-0.2, -0.15) is 0 Å². The number of thioether (sulfide) groups is 1. The van der Waals surface area contributed by atoms with Gasteiger partial charge in [-0.3, -0.25) is 9.59 Å². The van der Waals surface area contributed by atoms with Crippen LogP contribution in [0.2, 0.25) is 0 Å². The van der Waals surface area contributed by atoms with Gasteiger partial charge in [-0.1, -0.05) is 50.2 Å². The molecule has 0 saturated carbocycles. The molecule has 0 fully saturated rings. The van der Waals surface area contributed by atoms with Crippen molar-refractivity contribution in [1.29, 1.82) is 0 Å². The molecule has 2 amide bonds. The lowest BCUT2D eigenvalue weighted by molar-refractivity contribution is -0.116. The van der Waals surface area contributed by atoms with Crippen LogP contribution in [0.4, 0.5) is 10.8 Å². The van der Waals surface area contributed by atoms with E-state index in [4.69, 9.17) is 0 Å². The van der Waals surface area contributed by atoms with Gasteiger partial charge in [0.25, 0.3) is 0 Å². The van der Waals surface area contributed by atoms with Gasteiger partial charge in [-0.05, 0) is 31.0 Å². The Morgan fingerprint density at radius 1 is 1.07 bits per heavy atom. The number of benzene rings is 2. The van der Waals surface area contributed by atoms with E-state index in [-0.39, 0.29) is 17.1 Å². The summed E-state index contributed by atoms with van der Waals surface area (Å²) in [6, 6.07) is 17.5. The molecular formula is C23H25N3O2S2. The highest BCUT2D eigenvalue weighted by atomic mass is 32.2. The van der Waals surface area contributed by atoms with E-state index in [1.807, 2.05) is 73.8 Å². The van der Waals surface area contributed by atoms with Crippen molar-refractivity contribution in [3.8, 4) is 11.3 Å². The second kappa shape index (κ2) is 10.9. The van der Waals surface area contributed by atoms with E-state index < -0.39 is 0 Å². The van der Waals surface area contributed by atoms with Crippen LogP contribution in [0, 0.1) is 0 Å². The first-order valence-corrected chi connectivity index (χ1v) is 11.7. The van der Waals surface area contributed by atoms with Gasteiger partial charge in [0, 0.05) is 27.9 Å². The smallest absolute Gasteiger partial charge is 0.239 e. The monoisotopic (exact) mass is 439 g/mol. The lowest BCUT2D eigenvalue weighted by atomic mass is 10.2. The summed E-state index contributed by atoms with van der Waals surface area (Å²) in [5, 5.41) is 8.13. The van der Waals surface area contributed by atoms with Crippen LogP contribution in [-0.4, -0.2) is 22.0 Å². The second-order valence-electron chi connectivity index (χ2n) is 6.73. The highest BCUT2D eigenvalue weighted by Gasteiger charge is 2.19. The van der Waals surface area contributed by atoms with Gasteiger partial charge < -0.3 is 10.6 Å². The summed E-state index contributed by atoms with van der Waals surface area (Å²) in [5.41, 5.74) is 2.63. The lowest BCUT2D eigenvalue weighted by Gasteiger charge is -2.14. The molecule has 0 aliphatic carbocycles. The van der Waals surface area contributed by atoms with Crippen molar-refractivity contribution >= 4 is 45.7 Å². The Kier molecular flexibility index (Phi) is 8.04. The van der Waals surface area contributed by atoms with Crippen LogP contribution < -0.4 is 10.6 Å². The maximum atomic E-state index is 12.8. The molecule has 2 aromatic carbocycles. The quantitative estimate of drug-likeness (QED) is 0.398. The van der Waals surface area contributed by atoms with E-state index in [2.05, 4.69) is 15.6 Å². The van der Waals surface area contributed by atoms with E-state index in [9.17, 15) is 9.59 Å². The fourth-order valence-electron chi connectivity index (χ4n) is 2.84. The molecule has 7 heteroatoms. The van der Waals surface area contributed by atoms with Crippen LogP contribution in [0.25, 0.3) is 11.3 Å². The number of amides is 2. The fourth-order valence-corrected chi connectivity index (χ4v) is 4.58. The molecule has 0 radical (unpaired) electrons. The molecule has 2 N–H and O–H groups in total. The van der Waals surface area contributed by atoms with Gasteiger partial charge in [0.15, 0.2) is 5.13 Å². The van der Waals surface area contributed by atoms with E-state index in [1.165, 1.54) is 23.1 Å². The van der Waals surface area contributed by atoms with Gasteiger partial charge in [0.05, 0.1) is 10.9 Å². The zero-order valence-corrected chi connectivity index (χ0v) is 18.7. The van der Waals surface area contributed by atoms with E-state index >= 15 is 0 Å². The summed E-state index contributed by atoms with van der Waals surface area (Å²) >= 11 is 2.91. The first-order chi connectivity index (χ1) is 14.6. The van der Waals surface area contributed by atoms with Crippen molar-refractivity contribution in [2.45, 2.75) is 43.3 Å². The lowest BCUT2D eigenvalue weighted by Crippen LogP contribution is -2.24. The summed E-state index contributed by atoms with van der Waals surface area (Å²) in [4.78, 5) is 30.1. The fraction of sp³-hybridized carbons (Fsp3) is 0.261. The standard InChI is InChI=1S/C23H25N3O2S2/c1-3-9-21(27)24-17-12-8-13-18(14-17)30-20(4-2)22(28)26-23-25-19(15-29-23)16-10-6-5-7-11-16/h5-8,10-15,20H,3-4,9H2,1-2H3,(H,24,27)(H,25,26,28). The van der Waals surface area contributed by atoms with E-state index in [1.54, 1.807) is 0 Å². The molecule has 1 heterocycles. The SMILES string of the molecule is CCCC(=O)Nc1cccc(SC(CC)C(=O)Nc2nc(-c3ccccc3)cs2)c1. The summed E-state index contributed by atoms with van der Waals surface area (Å²) < 4.78 is 0. The predicted molar refractivity (Wildman–Crippen MR) is 126 cm³/mol. The van der Waals surface area contributed by atoms with Crippen molar-refractivity contribution in [1.82, 2.24) is 4.98 Å². The molecule has 3 aromatic rings. The third-order valence-electron chi connectivity index (χ3n) is 4.34. The predicted octanol–water partition coefficient (Wildman–Crippen LogP) is 6.06. The van der Waals surface area contributed by atoms with Gasteiger partial charge in [-0.15, -0.1) is 23.1 Å². The Morgan fingerprint density at radius 3 is 2.60 bits per heavy atom. The van der Waals surface area contributed by atoms with Crippen LogP contribution in [0.15, 0.2) is 64.9 Å². The Morgan fingerprint density at radius 2 is 1.87 bits per heavy atom. The van der Waals surface area contributed by atoms with Crippen LogP contribution in [0.5, 0.6) is 0 Å². The Balaban J connectivity index is 1.63. The minimum atomic E-state index is -0.254. The summed E-state index contributed by atoms with van der Waals surface area (Å²) in [6.45, 7) is 3.96. The number of aromatic nitrogens is 1. The Bertz CT molecular complexity index is 989. The number of hydrogen-bond donors (Lipinski definition) is 2. The highest BCUT2D eigenvalue weighted by Crippen LogP contribution is 2.30. The molecule has 1 unspecified atom stereocenters. The average molecular weight is 440 g/mol. The third-order valence-corrected chi connectivity index (χ3v) is 6.46. The number of nitrogens with one attached hydrogen (secondary N) is 2. The molecule has 156 valence electrons. The highest BCUT2D eigenvalue weighted by molar-refractivity contribution is 8.00. The van der Waals surface area contributed by atoms with Crippen molar-refractivity contribution in [3.05, 3.63) is 60.0 Å². The van der Waals surface area contributed by atoms with E-state index in [0.29, 0.717) is 18.0 Å². The number of nitrogens with zero attached hydrogens (tertiary/aromatic N) is 1. The van der Waals surface area contributed by atoms with E-state index in [0.717, 1.165) is 28.3 Å². The normalized spacial score (nSPS) is 11.7. The van der Waals surface area contributed by atoms with Crippen molar-refractivity contribution in [3.63, 3.8) is 0 Å². The number of carbonyl (C=O) groups is 2. The summed E-state index contributed by atoms with van der Waals surface area (Å²) in [7, 11) is 0. The number of hydrogen-bond acceptors (Lipinski definition) is 5. The van der Waals surface area contributed by atoms with Crippen molar-refractivity contribution in [2.24, 2.45) is 0 Å². The van der Waals surface area contributed by atoms with Crippen LogP contribution in [0.1, 0.15) is 33.1 Å². The van der Waals surface area contributed by atoms with Gasteiger partial charge in [0.1, 0.15) is 0 Å². The molecule has 5 nitrogen and oxygen atoms in total. The van der Waals surface area contributed by atoms with Crippen molar-refractivity contribution in [2.75, 3.05) is 10.6 Å². The van der Waals surface area contributed by atoms with Gasteiger partial charge in [-0.25, -0.2) is 4.98 Å². The second-order valence-corrected chi connectivity index (χ2v) is 8.87. The summed E-state index contributed by atoms with van der Waals surface area (Å²) in [5.74, 6) is -0.0701. The maximum Gasteiger partial charge on any atom is 0.239 e. The molecule has 1 atom stereocenters. The summed E-state index contributed by atoms with van der Waals surface area (Å²) in [6.07, 6.45) is 1.98. The molecule has 0 aliphatic rings. The molecular weight excluding hydrogens is 414 g/mol. The number of carbonyl (C=O) groups excluding carboxylic acids is 2. The third kappa shape index (κ3) is 6.18. The zero-order chi connectivity index (χ0) is 21.3. The Hall–Kier alpha value is -2.64.